The van der Waals surface area contributed by atoms with Crippen LogP contribution in [-0.4, -0.2) is 23.6 Å². The number of hydrogen-bond donors (Lipinski definition) is 1. The highest BCUT2D eigenvalue weighted by atomic mass is 15.2. The third-order valence-corrected chi connectivity index (χ3v) is 2.69. The minimum absolute atomic E-state index is 0.136. The zero-order chi connectivity index (χ0) is 13.6. The van der Waals surface area contributed by atoms with Gasteiger partial charge in [-0.15, -0.1) is 6.58 Å². The third kappa shape index (κ3) is 4.88. The van der Waals surface area contributed by atoms with Crippen molar-refractivity contribution in [3.05, 3.63) is 36.5 Å². The number of hydrogen-bond acceptors (Lipinski definition) is 3. The van der Waals surface area contributed by atoms with E-state index in [9.17, 15) is 0 Å². The van der Waals surface area contributed by atoms with Gasteiger partial charge in [-0.1, -0.05) is 12.1 Å². The molecule has 0 aliphatic rings. The Balaban J connectivity index is 2.64. The van der Waals surface area contributed by atoms with E-state index in [1.807, 2.05) is 12.3 Å². The Bertz CT molecular complexity index is 362. The Morgan fingerprint density at radius 1 is 1.39 bits per heavy atom. The zero-order valence-electron chi connectivity index (χ0n) is 12.0. The van der Waals surface area contributed by atoms with Crippen molar-refractivity contribution in [3.8, 4) is 0 Å². The fraction of sp³-hybridized carbons (Fsp3) is 0.533. The maximum absolute atomic E-state index is 4.51. The van der Waals surface area contributed by atoms with E-state index in [1.54, 1.807) is 0 Å². The summed E-state index contributed by atoms with van der Waals surface area (Å²) in [4.78, 5) is 6.70. The molecule has 0 fully saturated rings. The Morgan fingerprint density at radius 3 is 2.56 bits per heavy atom. The molecule has 0 saturated heterocycles. The first-order valence-electron chi connectivity index (χ1n) is 6.52. The smallest absolute Gasteiger partial charge is 0.128 e. The average molecular weight is 247 g/mol. The van der Waals surface area contributed by atoms with Crippen molar-refractivity contribution in [2.45, 2.75) is 39.8 Å². The van der Waals surface area contributed by atoms with Gasteiger partial charge < -0.3 is 10.2 Å². The number of anilines is 1. The monoisotopic (exact) mass is 247 g/mol. The molecule has 0 saturated carbocycles. The summed E-state index contributed by atoms with van der Waals surface area (Å²) in [5, 5.41) is 3.46. The second-order valence-electron chi connectivity index (χ2n) is 5.46. The van der Waals surface area contributed by atoms with Gasteiger partial charge in [-0.05, 0) is 39.3 Å². The van der Waals surface area contributed by atoms with Crippen molar-refractivity contribution in [1.82, 2.24) is 10.3 Å². The van der Waals surface area contributed by atoms with Crippen molar-refractivity contribution in [2.75, 3.05) is 18.0 Å². The first-order chi connectivity index (χ1) is 8.46. The standard InChI is InChI=1S/C15H25N3/c1-6-10-18(7-2)14-9-8-13(11-16-14)12-17-15(3,4)5/h6,8-9,11,17H,1,7,10,12H2,2-5H3. The van der Waals surface area contributed by atoms with Crippen LogP contribution in [0.25, 0.3) is 0 Å². The SMILES string of the molecule is C=CCN(CC)c1ccc(CNC(C)(C)C)cn1. The molecule has 100 valence electrons. The van der Waals surface area contributed by atoms with E-state index in [-0.39, 0.29) is 5.54 Å². The van der Waals surface area contributed by atoms with Crippen LogP contribution in [0.15, 0.2) is 31.0 Å². The number of aromatic nitrogens is 1. The summed E-state index contributed by atoms with van der Waals surface area (Å²) in [5.41, 5.74) is 1.35. The van der Waals surface area contributed by atoms with Crippen LogP contribution in [0.3, 0.4) is 0 Å². The van der Waals surface area contributed by atoms with E-state index < -0.39 is 0 Å². The van der Waals surface area contributed by atoms with E-state index in [0.717, 1.165) is 25.5 Å². The topological polar surface area (TPSA) is 28.2 Å². The van der Waals surface area contributed by atoms with Crippen LogP contribution >= 0.6 is 0 Å². The molecule has 0 radical (unpaired) electrons. The summed E-state index contributed by atoms with van der Waals surface area (Å²) in [7, 11) is 0. The average Bonchev–Trinajstić information content (AvgIpc) is 2.33. The number of nitrogens with zero attached hydrogens (tertiary/aromatic N) is 2. The molecule has 1 aromatic rings. The first-order valence-corrected chi connectivity index (χ1v) is 6.52. The van der Waals surface area contributed by atoms with Gasteiger partial charge in [0.05, 0.1) is 0 Å². The highest BCUT2D eigenvalue weighted by molar-refractivity contribution is 5.39. The molecule has 1 rings (SSSR count). The predicted octanol–water partition coefficient (Wildman–Crippen LogP) is 2.98. The van der Waals surface area contributed by atoms with Gasteiger partial charge in [0.1, 0.15) is 5.82 Å². The van der Waals surface area contributed by atoms with E-state index >= 15 is 0 Å². The van der Waals surface area contributed by atoms with E-state index in [4.69, 9.17) is 0 Å². The molecule has 0 aromatic carbocycles. The van der Waals surface area contributed by atoms with Gasteiger partial charge in [0.25, 0.3) is 0 Å². The molecule has 0 bridgehead atoms. The molecule has 3 nitrogen and oxygen atoms in total. The molecule has 0 aliphatic carbocycles. The van der Waals surface area contributed by atoms with Gasteiger partial charge in [-0.3, -0.25) is 0 Å². The van der Waals surface area contributed by atoms with Gasteiger partial charge >= 0.3 is 0 Å². The van der Waals surface area contributed by atoms with E-state index in [0.29, 0.717) is 0 Å². The van der Waals surface area contributed by atoms with Crippen LogP contribution in [0.5, 0.6) is 0 Å². The van der Waals surface area contributed by atoms with Crippen LogP contribution in [-0.2, 0) is 6.54 Å². The van der Waals surface area contributed by atoms with Crippen molar-refractivity contribution in [1.29, 1.82) is 0 Å². The Morgan fingerprint density at radius 2 is 2.11 bits per heavy atom. The molecule has 18 heavy (non-hydrogen) atoms. The molecule has 3 heteroatoms. The molecule has 0 spiro atoms. The molecule has 1 heterocycles. The molecule has 0 unspecified atom stereocenters. The van der Waals surface area contributed by atoms with Crippen LogP contribution in [0.2, 0.25) is 0 Å². The van der Waals surface area contributed by atoms with Crippen molar-refractivity contribution in [2.24, 2.45) is 0 Å². The summed E-state index contributed by atoms with van der Waals surface area (Å²) < 4.78 is 0. The summed E-state index contributed by atoms with van der Waals surface area (Å²) in [6.07, 6.45) is 3.85. The van der Waals surface area contributed by atoms with Crippen LogP contribution < -0.4 is 10.2 Å². The van der Waals surface area contributed by atoms with Crippen LogP contribution in [0, 0.1) is 0 Å². The zero-order valence-corrected chi connectivity index (χ0v) is 12.0. The Labute approximate surface area is 111 Å². The maximum Gasteiger partial charge on any atom is 0.128 e. The maximum atomic E-state index is 4.51. The second kappa shape index (κ2) is 6.55. The third-order valence-electron chi connectivity index (χ3n) is 2.69. The second-order valence-corrected chi connectivity index (χ2v) is 5.46. The predicted molar refractivity (Wildman–Crippen MR) is 78.9 cm³/mol. The minimum atomic E-state index is 0.136. The van der Waals surface area contributed by atoms with Gasteiger partial charge in [0.15, 0.2) is 0 Å². The van der Waals surface area contributed by atoms with Gasteiger partial charge in [0, 0.05) is 31.4 Å². The summed E-state index contributed by atoms with van der Waals surface area (Å²) in [5.74, 6) is 1.01. The lowest BCUT2D eigenvalue weighted by Gasteiger charge is -2.22. The first kappa shape index (κ1) is 14.7. The van der Waals surface area contributed by atoms with Crippen molar-refractivity contribution in [3.63, 3.8) is 0 Å². The largest absolute Gasteiger partial charge is 0.353 e. The molecular formula is C15H25N3. The lowest BCUT2D eigenvalue weighted by Crippen LogP contribution is -2.35. The van der Waals surface area contributed by atoms with Crippen molar-refractivity contribution >= 4 is 5.82 Å². The quantitative estimate of drug-likeness (QED) is 0.783. The van der Waals surface area contributed by atoms with E-state index in [1.165, 1.54) is 5.56 Å². The molecule has 0 aliphatic heterocycles. The van der Waals surface area contributed by atoms with Gasteiger partial charge in [-0.25, -0.2) is 4.98 Å². The summed E-state index contributed by atoms with van der Waals surface area (Å²) >= 11 is 0. The lowest BCUT2D eigenvalue weighted by molar-refractivity contribution is 0.424. The van der Waals surface area contributed by atoms with E-state index in [2.05, 4.69) is 61.6 Å². The molecular weight excluding hydrogens is 222 g/mol. The van der Waals surface area contributed by atoms with Crippen molar-refractivity contribution < 1.29 is 0 Å². The number of pyridine rings is 1. The molecule has 0 amide bonds. The van der Waals surface area contributed by atoms with Crippen LogP contribution in [0.4, 0.5) is 5.82 Å². The van der Waals surface area contributed by atoms with Gasteiger partial charge in [0.2, 0.25) is 0 Å². The summed E-state index contributed by atoms with van der Waals surface area (Å²) in [6, 6.07) is 4.21. The lowest BCUT2D eigenvalue weighted by atomic mass is 10.1. The normalized spacial score (nSPS) is 11.3. The minimum Gasteiger partial charge on any atom is -0.353 e. The fourth-order valence-corrected chi connectivity index (χ4v) is 1.62. The fourth-order valence-electron chi connectivity index (χ4n) is 1.62. The molecule has 1 aromatic heterocycles. The number of rotatable bonds is 6. The van der Waals surface area contributed by atoms with Crippen LogP contribution in [0.1, 0.15) is 33.3 Å². The highest BCUT2D eigenvalue weighted by Gasteiger charge is 2.09. The molecule has 0 atom stereocenters. The highest BCUT2D eigenvalue weighted by Crippen LogP contribution is 2.11. The Hall–Kier alpha value is -1.35. The van der Waals surface area contributed by atoms with Gasteiger partial charge in [-0.2, -0.15) is 0 Å². The summed E-state index contributed by atoms with van der Waals surface area (Å²) in [6.45, 7) is 15.0. The number of likely N-dealkylation sites (N-methyl/N-ethyl adjacent to an activating group) is 1. The molecule has 1 N–H and O–H groups in total. The Kier molecular flexibility index (Phi) is 5.35. The number of nitrogens with one attached hydrogen (secondary N) is 1.